The predicted molar refractivity (Wildman–Crippen MR) is 83.5 cm³/mol. The summed E-state index contributed by atoms with van der Waals surface area (Å²) < 4.78 is 0.805. The Morgan fingerprint density at radius 1 is 1.26 bits per heavy atom. The molecule has 0 aliphatic heterocycles. The molecule has 2 nitrogen and oxygen atoms in total. The predicted octanol–water partition coefficient (Wildman–Crippen LogP) is 5.07. The van der Waals surface area contributed by atoms with Gasteiger partial charge in [0.05, 0.1) is 10.2 Å². The fourth-order valence-electron chi connectivity index (χ4n) is 1.90. The highest BCUT2D eigenvalue weighted by atomic mass is 79.9. The lowest BCUT2D eigenvalue weighted by molar-refractivity contribution is 0.632. The third-order valence-electron chi connectivity index (χ3n) is 2.76. The van der Waals surface area contributed by atoms with Crippen LogP contribution in [0.5, 0.6) is 0 Å². The number of nitrogens with zero attached hydrogens (tertiary/aromatic N) is 2. The third kappa shape index (κ3) is 3.54. The van der Waals surface area contributed by atoms with E-state index in [0.29, 0.717) is 16.9 Å². The fourth-order valence-corrected chi connectivity index (χ4v) is 2.43. The molecule has 0 unspecified atom stereocenters. The molecule has 1 aromatic heterocycles. The molecule has 1 aromatic carbocycles. The normalized spacial score (nSPS) is 11.1. The highest BCUT2D eigenvalue weighted by molar-refractivity contribution is 9.10. The monoisotopic (exact) mass is 338 g/mol. The van der Waals surface area contributed by atoms with Gasteiger partial charge in [-0.3, -0.25) is 0 Å². The van der Waals surface area contributed by atoms with Crippen LogP contribution in [0.15, 0.2) is 28.7 Å². The quantitative estimate of drug-likeness (QED) is 0.730. The maximum Gasteiger partial charge on any atom is 0.161 e. The van der Waals surface area contributed by atoms with Gasteiger partial charge in [-0.15, -0.1) is 0 Å². The Hall–Kier alpha value is -0.930. The zero-order valence-electron chi connectivity index (χ0n) is 11.2. The van der Waals surface area contributed by atoms with E-state index in [-0.39, 0.29) is 0 Å². The Morgan fingerprint density at radius 2 is 2.00 bits per heavy atom. The molecule has 2 rings (SSSR count). The largest absolute Gasteiger partial charge is 0.232 e. The summed E-state index contributed by atoms with van der Waals surface area (Å²) >= 11 is 9.67. The summed E-state index contributed by atoms with van der Waals surface area (Å²) in [6, 6.07) is 8.13. The molecule has 2 aromatic rings. The number of aryl methyl sites for hydroxylation is 1. The Morgan fingerprint density at radius 3 is 2.63 bits per heavy atom. The lowest BCUT2D eigenvalue weighted by Crippen LogP contribution is -2.02. The van der Waals surface area contributed by atoms with Gasteiger partial charge in [-0.05, 0) is 41.3 Å². The molecule has 0 bridgehead atoms. The van der Waals surface area contributed by atoms with Gasteiger partial charge in [0.15, 0.2) is 5.82 Å². The van der Waals surface area contributed by atoms with Crippen molar-refractivity contribution >= 4 is 27.5 Å². The topological polar surface area (TPSA) is 25.8 Å². The second-order valence-electron chi connectivity index (χ2n) is 5.07. The highest BCUT2D eigenvalue weighted by Gasteiger charge is 2.13. The molecule has 0 aliphatic rings. The zero-order valence-corrected chi connectivity index (χ0v) is 13.6. The van der Waals surface area contributed by atoms with Crippen LogP contribution in [0, 0.1) is 12.8 Å². The van der Waals surface area contributed by atoms with Crippen molar-refractivity contribution in [2.75, 3.05) is 0 Å². The first-order valence-corrected chi connectivity index (χ1v) is 7.43. The molecule has 0 N–H and O–H groups in total. The maximum absolute atomic E-state index is 6.19. The summed E-state index contributed by atoms with van der Waals surface area (Å²) in [5.41, 5.74) is 3.15. The Kier molecular flexibility index (Phi) is 4.58. The fraction of sp³-hybridized carbons (Fsp3) is 0.333. The van der Waals surface area contributed by atoms with Gasteiger partial charge < -0.3 is 0 Å². The van der Waals surface area contributed by atoms with E-state index in [1.165, 1.54) is 5.56 Å². The Labute approximate surface area is 127 Å². The molecule has 0 aliphatic carbocycles. The lowest BCUT2D eigenvalue weighted by Gasteiger charge is -2.10. The van der Waals surface area contributed by atoms with Crippen molar-refractivity contribution in [1.82, 2.24) is 9.97 Å². The van der Waals surface area contributed by atoms with Gasteiger partial charge in [0.25, 0.3) is 0 Å². The molecule has 0 fully saturated rings. The van der Waals surface area contributed by atoms with E-state index in [0.717, 1.165) is 22.2 Å². The molecular weight excluding hydrogens is 324 g/mol. The van der Waals surface area contributed by atoms with E-state index < -0.39 is 0 Å². The molecule has 0 atom stereocenters. The van der Waals surface area contributed by atoms with Crippen molar-refractivity contribution in [2.24, 2.45) is 5.92 Å². The van der Waals surface area contributed by atoms with Crippen LogP contribution in [0.4, 0.5) is 0 Å². The lowest BCUT2D eigenvalue weighted by atomic mass is 10.1. The SMILES string of the molecule is Cc1cccc(-c2nc(Cl)c(Br)c(CC(C)C)n2)c1. The first kappa shape index (κ1) is 14.5. The van der Waals surface area contributed by atoms with E-state index in [1.54, 1.807) is 0 Å². The number of aromatic nitrogens is 2. The smallest absolute Gasteiger partial charge is 0.161 e. The number of benzene rings is 1. The van der Waals surface area contributed by atoms with Crippen LogP contribution in [0.3, 0.4) is 0 Å². The molecule has 4 heteroatoms. The third-order valence-corrected chi connectivity index (χ3v) is 4.09. The van der Waals surface area contributed by atoms with E-state index in [9.17, 15) is 0 Å². The van der Waals surface area contributed by atoms with E-state index >= 15 is 0 Å². The number of rotatable bonds is 3. The van der Waals surface area contributed by atoms with Gasteiger partial charge in [0.2, 0.25) is 0 Å². The Balaban J connectivity index is 2.50. The number of hydrogen-bond acceptors (Lipinski definition) is 2. The molecule has 100 valence electrons. The van der Waals surface area contributed by atoms with Crippen LogP contribution in [-0.4, -0.2) is 9.97 Å². The van der Waals surface area contributed by atoms with Gasteiger partial charge in [0, 0.05) is 5.56 Å². The van der Waals surface area contributed by atoms with Crippen LogP contribution in [0.1, 0.15) is 25.1 Å². The summed E-state index contributed by atoms with van der Waals surface area (Å²) in [5.74, 6) is 1.21. The van der Waals surface area contributed by atoms with Crippen LogP contribution in [-0.2, 0) is 6.42 Å². The van der Waals surface area contributed by atoms with Crippen molar-refractivity contribution in [3.63, 3.8) is 0 Å². The average Bonchev–Trinajstić information content (AvgIpc) is 2.34. The van der Waals surface area contributed by atoms with Gasteiger partial charge in [-0.25, -0.2) is 9.97 Å². The van der Waals surface area contributed by atoms with Crippen molar-refractivity contribution in [3.05, 3.63) is 45.1 Å². The first-order chi connectivity index (χ1) is 8.97. The molecule has 0 radical (unpaired) electrons. The van der Waals surface area contributed by atoms with E-state index in [2.05, 4.69) is 58.8 Å². The summed E-state index contributed by atoms with van der Waals surface area (Å²) in [7, 11) is 0. The van der Waals surface area contributed by atoms with Crippen molar-refractivity contribution in [3.8, 4) is 11.4 Å². The van der Waals surface area contributed by atoms with Gasteiger partial charge in [-0.1, -0.05) is 49.2 Å². The van der Waals surface area contributed by atoms with Crippen molar-refractivity contribution < 1.29 is 0 Å². The van der Waals surface area contributed by atoms with Crippen molar-refractivity contribution in [1.29, 1.82) is 0 Å². The minimum absolute atomic E-state index is 0.474. The van der Waals surface area contributed by atoms with Crippen LogP contribution in [0.25, 0.3) is 11.4 Å². The van der Waals surface area contributed by atoms with Crippen molar-refractivity contribution in [2.45, 2.75) is 27.2 Å². The molecule has 0 saturated heterocycles. The second-order valence-corrected chi connectivity index (χ2v) is 6.22. The highest BCUT2D eigenvalue weighted by Crippen LogP contribution is 2.28. The summed E-state index contributed by atoms with van der Waals surface area (Å²) in [6.45, 7) is 6.38. The molecule has 19 heavy (non-hydrogen) atoms. The number of hydrogen-bond donors (Lipinski definition) is 0. The second kappa shape index (κ2) is 6.02. The summed E-state index contributed by atoms with van der Waals surface area (Å²) in [5, 5.41) is 0.474. The first-order valence-electron chi connectivity index (χ1n) is 6.26. The van der Waals surface area contributed by atoms with E-state index in [1.807, 2.05) is 12.1 Å². The van der Waals surface area contributed by atoms with Crippen LogP contribution >= 0.6 is 27.5 Å². The number of halogens is 2. The van der Waals surface area contributed by atoms with Crippen LogP contribution < -0.4 is 0 Å². The molecule has 1 heterocycles. The maximum atomic E-state index is 6.19. The summed E-state index contributed by atoms with van der Waals surface area (Å²) in [4.78, 5) is 9.00. The Bertz CT molecular complexity index is 597. The minimum atomic E-state index is 0.474. The van der Waals surface area contributed by atoms with Gasteiger partial charge >= 0.3 is 0 Å². The average molecular weight is 340 g/mol. The minimum Gasteiger partial charge on any atom is -0.232 e. The zero-order chi connectivity index (χ0) is 14.0. The molecule has 0 spiro atoms. The molecular formula is C15H16BrClN2. The standard InChI is InChI=1S/C15H16BrClN2/c1-9(2)7-12-13(16)14(17)19-15(18-12)11-6-4-5-10(3)8-11/h4-6,8-9H,7H2,1-3H3. The van der Waals surface area contributed by atoms with Gasteiger partial charge in [-0.2, -0.15) is 0 Å². The molecule has 0 saturated carbocycles. The van der Waals surface area contributed by atoms with Crippen LogP contribution in [0.2, 0.25) is 5.15 Å². The van der Waals surface area contributed by atoms with Gasteiger partial charge in [0.1, 0.15) is 5.15 Å². The molecule has 0 amide bonds. The van der Waals surface area contributed by atoms with E-state index in [4.69, 9.17) is 11.6 Å². The summed E-state index contributed by atoms with van der Waals surface area (Å²) in [6.07, 6.45) is 0.877.